The Balaban J connectivity index is 2.22. The Hall–Kier alpha value is -1.89. The average molecular weight is 318 g/mol. The van der Waals surface area contributed by atoms with Gasteiger partial charge in [-0.3, -0.25) is 0 Å². The van der Waals surface area contributed by atoms with Gasteiger partial charge in [0.15, 0.2) is 9.84 Å². The summed E-state index contributed by atoms with van der Waals surface area (Å²) in [4.78, 5) is 0. The highest BCUT2D eigenvalue weighted by molar-refractivity contribution is 7.89. The Labute approximate surface area is 119 Å². The van der Waals surface area contributed by atoms with Gasteiger partial charge in [0, 0.05) is 23.3 Å². The van der Waals surface area contributed by atoms with Crippen molar-refractivity contribution in [3.63, 3.8) is 0 Å². The zero-order valence-electron chi connectivity index (χ0n) is 10.6. The molecule has 2 nitrogen and oxygen atoms in total. The van der Waals surface area contributed by atoms with Crippen LogP contribution in [0.15, 0.2) is 36.4 Å². The lowest BCUT2D eigenvalue weighted by molar-refractivity contribution is 0.564. The smallest absolute Gasteiger partial charge is 0.158 e. The van der Waals surface area contributed by atoms with Crippen molar-refractivity contribution in [1.29, 1.82) is 0 Å². The predicted octanol–water partition coefficient (Wildman–Crippen LogP) is 3.36. The molecule has 0 unspecified atom stereocenters. The minimum atomic E-state index is -3.88. The molecule has 0 atom stereocenters. The molecule has 0 heterocycles. The lowest BCUT2D eigenvalue weighted by Gasteiger charge is -2.07. The van der Waals surface area contributed by atoms with Gasteiger partial charge in [0.1, 0.15) is 23.3 Å². The number of sulfone groups is 1. The first-order valence-corrected chi connectivity index (χ1v) is 7.67. The summed E-state index contributed by atoms with van der Waals surface area (Å²) in [5, 5.41) is 0. The van der Waals surface area contributed by atoms with Gasteiger partial charge in [-0.05, 0) is 12.1 Å². The number of halogens is 4. The summed E-state index contributed by atoms with van der Waals surface area (Å²) in [5.74, 6) is -5.01. The maximum Gasteiger partial charge on any atom is 0.158 e. The van der Waals surface area contributed by atoms with E-state index in [1.165, 1.54) is 0 Å². The summed E-state index contributed by atoms with van der Waals surface area (Å²) in [6.45, 7) is 0. The molecular formula is C14H10F4O2S. The van der Waals surface area contributed by atoms with Gasteiger partial charge in [-0.1, -0.05) is 12.1 Å². The van der Waals surface area contributed by atoms with Gasteiger partial charge >= 0.3 is 0 Å². The van der Waals surface area contributed by atoms with Crippen LogP contribution in [0.3, 0.4) is 0 Å². The van der Waals surface area contributed by atoms with Crippen LogP contribution in [-0.2, 0) is 21.3 Å². The van der Waals surface area contributed by atoms with E-state index in [0.29, 0.717) is 12.1 Å². The summed E-state index contributed by atoms with van der Waals surface area (Å²) in [6, 6.07) is 5.05. The van der Waals surface area contributed by atoms with E-state index in [4.69, 9.17) is 0 Å². The third-order valence-electron chi connectivity index (χ3n) is 2.78. The summed E-state index contributed by atoms with van der Waals surface area (Å²) < 4.78 is 76.2. The van der Waals surface area contributed by atoms with Crippen molar-refractivity contribution >= 4 is 9.84 Å². The van der Waals surface area contributed by atoms with E-state index < -0.39 is 44.6 Å². The number of hydrogen-bond donors (Lipinski definition) is 0. The SMILES string of the molecule is O=S(=O)(Cc1ccc(F)cc1F)Cc1ccc(F)cc1F. The molecule has 0 aliphatic carbocycles. The number of benzene rings is 2. The summed E-state index contributed by atoms with van der Waals surface area (Å²) in [6.07, 6.45) is 0. The Morgan fingerprint density at radius 1 is 0.714 bits per heavy atom. The second-order valence-electron chi connectivity index (χ2n) is 4.50. The van der Waals surface area contributed by atoms with E-state index in [0.717, 1.165) is 24.3 Å². The molecule has 0 N–H and O–H groups in total. The van der Waals surface area contributed by atoms with Gasteiger partial charge in [0.25, 0.3) is 0 Å². The molecule has 2 rings (SSSR count). The third kappa shape index (κ3) is 4.04. The molecule has 0 aliphatic heterocycles. The molecule has 21 heavy (non-hydrogen) atoms. The van der Waals surface area contributed by atoms with Crippen molar-refractivity contribution in [1.82, 2.24) is 0 Å². The van der Waals surface area contributed by atoms with Gasteiger partial charge in [-0.2, -0.15) is 0 Å². The Kier molecular flexibility index (Phi) is 4.32. The minimum Gasteiger partial charge on any atom is -0.228 e. The fraction of sp³-hybridized carbons (Fsp3) is 0.143. The molecule has 0 aliphatic rings. The second kappa shape index (κ2) is 5.85. The number of hydrogen-bond acceptors (Lipinski definition) is 2. The molecule has 0 radical (unpaired) electrons. The van der Waals surface area contributed by atoms with Crippen LogP contribution in [0.25, 0.3) is 0 Å². The lowest BCUT2D eigenvalue weighted by Crippen LogP contribution is -2.10. The van der Waals surface area contributed by atoms with Crippen molar-refractivity contribution in [3.05, 3.63) is 70.8 Å². The van der Waals surface area contributed by atoms with Crippen molar-refractivity contribution in [2.45, 2.75) is 11.5 Å². The van der Waals surface area contributed by atoms with Crippen LogP contribution in [0.4, 0.5) is 17.6 Å². The summed E-state index contributed by atoms with van der Waals surface area (Å²) in [5.41, 5.74) is -0.419. The van der Waals surface area contributed by atoms with Crippen LogP contribution >= 0.6 is 0 Å². The fourth-order valence-electron chi connectivity index (χ4n) is 1.80. The van der Waals surface area contributed by atoms with Crippen molar-refractivity contribution < 1.29 is 26.0 Å². The lowest BCUT2D eigenvalue weighted by atomic mass is 10.2. The van der Waals surface area contributed by atoms with Gasteiger partial charge in [-0.15, -0.1) is 0 Å². The van der Waals surface area contributed by atoms with E-state index in [-0.39, 0.29) is 11.1 Å². The van der Waals surface area contributed by atoms with Crippen LogP contribution in [0.5, 0.6) is 0 Å². The first kappa shape index (κ1) is 15.5. The van der Waals surface area contributed by atoms with E-state index in [1.807, 2.05) is 0 Å². The zero-order valence-corrected chi connectivity index (χ0v) is 11.4. The van der Waals surface area contributed by atoms with Crippen LogP contribution in [-0.4, -0.2) is 8.42 Å². The van der Waals surface area contributed by atoms with E-state index in [1.54, 1.807) is 0 Å². The standard InChI is InChI=1S/C14H10F4O2S/c15-11-3-1-9(13(17)5-11)7-21(19,20)8-10-2-4-12(16)6-14(10)18/h1-6H,7-8H2. The van der Waals surface area contributed by atoms with E-state index in [2.05, 4.69) is 0 Å². The molecule has 0 fully saturated rings. The predicted molar refractivity (Wildman–Crippen MR) is 69.0 cm³/mol. The molecule has 0 saturated heterocycles. The van der Waals surface area contributed by atoms with Gasteiger partial charge in [0.2, 0.25) is 0 Å². The average Bonchev–Trinajstić information content (AvgIpc) is 2.36. The van der Waals surface area contributed by atoms with Gasteiger partial charge < -0.3 is 0 Å². The summed E-state index contributed by atoms with van der Waals surface area (Å²) in [7, 11) is -3.88. The quantitative estimate of drug-likeness (QED) is 0.810. The molecule has 0 bridgehead atoms. The maximum atomic E-state index is 13.4. The maximum absolute atomic E-state index is 13.4. The molecule has 0 aromatic heterocycles. The van der Waals surface area contributed by atoms with Crippen molar-refractivity contribution in [2.75, 3.05) is 0 Å². The highest BCUT2D eigenvalue weighted by Gasteiger charge is 2.18. The van der Waals surface area contributed by atoms with Crippen LogP contribution in [0.2, 0.25) is 0 Å². The monoisotopic (exact) mass is 318 g/mol. The van der Waals surface area contributed by atoms with Crippen molar-refractivity contribution in [3.8, 4) is 0 Å². The third-order valence-corrected chi connectivity index (χ3v) is 4.28. The highest BCUT2D eigenvalue weighted by atomic mass is 32.2. The number of rotatable bonds is 4. The first-order chi connectivity index (χ1) is 9.77. The van der Waals surface area contributed by atoms with E-state index >= 15 is 0 Å². The van der Waals surface area contributed by atoms with Crippen LogP contribution in [0, 0.1) is 23.3 Å². The van der Waals surface area contributed by atoms with E-state index in [9.17, 15) is 26.0 Å². The second-order valence-corrected chi connectivity index (χ2v) is 6.57. The Morgan fingerprint density at radius 2 is 1.10 bits per heavy atom. The molecule has 112 valence electrons. The summed E-state index contributed by atoms with van der Waals surface area (Å²) >= 11 is 0. The molecule has 2 aromatic carbocycles. The Morgan fingerprint density at radius 3 is 1.43 bits per heavy atom. The molecule has 0 amide bonds. The molecule has 7 heteroatoms. The van der Waals surface area contributed by atoms with Gasteiger partial charge in [0.05, 0.1) is 11.5 Å². The molecule has 0 spiro atoms. The van der Waals surface area contributed by atoms with Crippen LogP contribution in [0.1, 0.15) is 11.1 Å². The van der Waals surface area contributed by atoms with Gasteiger partial charge in [-0.25, -0.2) is 26.0 Å². The molecular weight excluding hydrogens is 308 g/mol. The highest BCUT2D eigenvalue weighted by Crippen LogP contribution is 2.18. The first-order valence-electron chi connectivity index (χ1n) is 5.85. The van der Waals surface area contributed by atoms with Crippen molar-refractivity contribution in [2.24, 2.45) is 0 Å². The topological polar surface area (TPSA) is 34.1 Å². The molecule has 2 aromatic rings. The normalized spacial score (nSPS) is 11.6. The minimum absolute atomic E-state index is 0.209. The molecule has 0 saturated carbocycles. The fourth-order valence-corrected chi connectivity index (χ4v) is 3.32. The zero-order chi connectivity index (χ0) is 15.6. The largest absolute Gasteiger partial charge is 0.228 e. The van der Waals surface area contributed by atoms with Crippen LogP contribution < -0.4 is 0 Å². The Bertz CT molecular complexity index is 713.